The summed E-state index contributed by atoms with van der Waals surface area (Å²) in [5, 5.41) is 3.48. The van der Waals surface area contributed by atoms with Gasteiger partial charge in [-0.25, -0.2) is 0 Å². The second-order valence-electron chi connectivity index (χ2n) is 4.64. The number of likely N-dealkylation sites (N-methyl/N-ethyl adjacent to an activating group) is 1. The van der Waals surface area contributed by atoms with Gasteiger partial charge in [0.05, 0.1) is 0 Å². The molecule has 1 N–H and O–H groups in total. The van der Waals surface area contributed by atoms with Crippen molar-refractivity contribution in [2.75, 3.05) is 32.4 Å². The van der Waals surface area contributed by atoms with E-state index < -0.39 is 0 Å². The minimum Gasteiger partial charge on any atom is -0.315 e. The zero-order chi connectivity index (χ0) is 11.9. The highest BCUT2D eigenvalue weighted by Crippen LogP contribution is 2.17. The third kappa shape index (κ3) is 4.34. The van der Waals surface area contributed by atoms with E-state index >= 15 is 0 Å². The first-order chi connectivity index (χ1) is 8.36. The van der Waals surface area contributed by atoms with E-state index in [1.54, 1.807) is 0 Å². The van der Waals surface area contributed by atoms with Gasteiger partial charge in [-0.3, -0.25) is 0 Å². The van der Waals surface area contributed by atoms with Gasteiger partial charge in [-0.15, -0.1) is 11.8 Å². The summed E-state index contributed by atoms with van der Waals surface area (Å²) in [5.41, 5.74) is 0. The van der Waals surface area contributed by atoms with Crippen molar-refractivity contribution in [1.82, 2.24) is 10.2 Å². The van der Waals surface area contributed by atoms with Crippen LogP contribution in [0.1, 0.15) is 12.8 Å². The minimum absolute atomic E-state index is 0.736. The minimum atomic E-state index is 0.736. The maximum atomic E-state index is 3.48. The largest absolute Gasteiger partial charge is 0.315 e. The monoisotopic (exact) mass is 250 g/mol. The molecule has 1 heterocycles. The maximum absolute atomic E-state index is 3.48. The summed E-state index contributed by atoms with van der Waals surface area (Å²) < 4.78 is 0. The molecule has 0 aromatic heterocycles. The number of hydrogen-bond acceptors (Lipinski definition) is 3. The maximum Gasteiger partial charge on any atom is 0.0218 e. The van der Waals surface area contributed by atoms with E-state index in [1.807, 2.05) is 11.8 Å². The number of benzene rings is 1. The molecule has 0 saturated carbocycles. The fourth-order valence-electron chi connectivity index (χ4n) is 2.22. The van der Waals surface area contributed by atoms with Gasteiger partial charge in [0.25, 0.3) is 0 Å². The lowest BCUT2D eigenvalue weighted by molar-refractivity contribution is 0.214. The molecule has 3 heteroatoms. The van der Waals surface area contributed by atoms with Gasteiger partial charge >= 0.3 is 0 Å². The van der Waals surface area contributed by atoms with Crippen LogP contribution < -0.4 is 5.32 Å². The predicted octanol–water partition coefficient (Wildman–Crippen LogP) is 2.46. The molecule has 1 fully saturated rings. The zero-order valence-electron chi connectivity index (χ0n) is 10.6. The molecule has 1 atom stereocenters. The molecule has 2 nitrogen and oxygen atoms in total. The number of thioether (sulfide) groups is 1. The van der Waals surface area contributed by atoms with Gasteiger partial charge in [-0.2, -0.15) is 0 Å². The van der Waals surface area contributed by atoms with Crippen molar-refractivity contribution in [3.8, 4) is 0 Å². The van der Waals surface area contributed by atoms with E-state index in [1.165, 1.54) is 36.6 Å². The number of nitrogens with one attached hydrogen (secondary N) is 1. The number of piperidine rings is 1. The van der Waals surface area contributed by atoms with Crippen LogP contribution in [0.15, 0.2) is 35.2 Å². The second kappa shape index (κ2) is 7.04. The Balaban J connectivity index is 1.67. The average molecular weight is 250 g/mol. The summed E-state index contributed by atoms with van der Waals surface area (Å²) in [5.74, 6) is 1.18. The molecule has 1 aliphatic rings. The van der Waals surface area contributed by atoms with Gasteiger partial charge in [-0.1, -0.05) is 18.2 Å². The predicted molar refractivity (Wildman–Crippen MR) is 75.7 cm³/mol. The third-order valence-electron chi connectivity index (χ3n) is 3.35. The lowest BCUT2D eigenvalue weighted by Crippen LogP contribution is -2.44. The van der Waals surface area contributed by atoms with Gasteiger partial charge in [0.2, 0.25) is 0 Å². The Labute approximate surface area is 109 Å². The lowest BCUT2D eigenvalue weighted by Gasteiger charge is -2.31. The van der Waals surface area contributed by atoms with Crippen LogP contribution >= 0.6 is 11.8 Å². The Hall–Kier alpha value is -0.510. The van der Waals surface area contributed by atoms with Crippen LogP contribution in [0.5, 0.6) is 0 Å². The summed E-state index contributed by atoms with van der Waals surface area (Å²) in [6.07, 6.45) is 2.67. The normalized spacial score (nSPS) is 20.7. The topological polar surface area (TPSA) is 15.3 Å². The van der Waals surface area contributed by atoms with Gasteiger partial charge in [-0.05, 0) is 38.6 Å². The summed E-state index contributed by atoms with van der Waals surface area (Å²) >= 11 is 1.95. The first kappa shape index (κ1) is 12.9. The number of rotatable bonds is 5. The Bertz CT molecular complexity index is 309. The lowest BCUT2D eigenvalue weighted by atomic mass is 10.1. The van der Waals surface area contributed by atoms with Crippen LogP contribution in [-0.4, -0.2) is 43.4 Å². The van der Waals surface area contributed by atoms with Crippen molar-refractivity contribution in [3.05, 3.63) is 30.3 Å². The van der Waals surface area contributed by atoms with Crippen LogP contribution in [0.2, 0.25) is 0 Å². The zero-order valence-corrected chi connectivity index (χ0v) is 11.4. The fraction of sp³-hybridized carbons (Fsp3) is 0.571. The van der Waals surface area contributed by atoms with Gasteiger partial charge < -0.3 is 10.2 Å². The van der Waals surface area contributed by atoms with E-state index in [0.29, 0.717) is 0 Å². The first-order valence-corrected chi connectivity index (χ1v) is 7.43. The SMILES string of the molecule is CN(CCSc1ccccc1)C1CCCNC1. The van der Waals surface area contributed by atoms with Gasteiger partial charge in [0.1, 0.15) is 0 Å². The Morgan fingerprint density at radius 3 is 2.88 bits per heavy atom. The summed E-state index contributed by atoms with van der Waals surface area (Å²) in [7, 11) is 2.25. The Morgan fingerprint density at radius 2 is 2.18 bits per heavy atom. The molecule has 2 rings (SSSR count). The Kier molecular flexibility index (Phi) is 5.36. The highest BCUT2D eigenvalue weighted by molar-refractivity contribution is 7.99. The summed E-state index contributed by atoms with van der Waals surface area (Å²) in [6, 6.07) is 11.4. The fourth-order valence-corrected chi connectivity index (χ4v) is 3.18. The van der Waals surface area contributed by atoms with Gasteiger partial charge in [0, 0.05) is 29.8 Å². The van der Waals surface area contributed by atoms with Crippen LogP contribution in [0.3, 0.4) is 0 Å². The first-order valence-electron chi connectivity index (χ1n) is 6.45. The molecule has 1 saturated heterocycles. The number of nitrogens with zero attached hydrogens (tertiary/aromatic N) is 1. The summed E-state index contributed by atoms with van der Waals surface area (Å²) in [6.45, 7) is 3.53. The molecular weight excluding hydrogens is 228 g/mol. The van der Waals surface area contributed by atoms with Crippen molar-refractivity contribution in [2.24, 2.45) is 0 Å². The number of hydrogen-bond donors (Lipinski definition) is 1. The summed E-state index contributed by atoms with van der Waals surface area (Å²) in [4.78, 5) is 3.88. The second-order valence-corrected chi connectivity index (χ2v) is 5.81. The highest BCUT2D eigenvalue weighted by atomic mass is 32.2. The molecule has 1 aromatic carbocycles. The highest BCUT2D eigenvalue weighted by Gasteiger charge is 2.16. The molecule has 0 bridgehead atoms. The van der Waals surface area contributed by atoms with E-state index in [2.05, 4.69) is 47.6 Å². The van der Waals surface area contributed by atoms with Crippen molar-refractivity contribution in [2.45, 2.75) is 23.8 Å². The molecule has 94 valence electrons. The van der Waals surface area contributed by atoms with E-state index in [0.717, 1.165) is 12.6 Å². The molecule has 1 aromatic rings. The molecule has 0 aliphatic carbocycles. The molecule has 1 unspecified atom stereocenters. The van der Waals surface area contributed by atoms with E-state index in [-0.39, 0.29) is 0 Å². The Morgan fingerprint density at radius 1 is 1.35 bits per heavy atom. The molecule has 0 spiro atoms. The molecular formula is C14H22N2S. The van der Waals surface area contributed by atoms with Crippen LogP contribution in [0.25, 0.3) is 0 Å². The molecule has 0 amide bonds. The van der Waals surface area contributed by atoms with Crippen LogP contribution in [-0.2, 0) is 0 Å². The molecule has 1 aliphatic heterocycles. The quantitative estimate of drug-likeness (QED) is 0.808. The smallest absolute Gasteiger partial charge is 0.0218 e. The molecule has 0 radical (unpaired) electrons. The average Bonchev–Trinajstić information content (AvgIpc) is 2.41. The van der Waals surface area contributed by atoms with Crippen molar-refractivity contribution in [1.29, 1.82) is 0 Å². The third-order valence-corrected chi connectivity index (χ3v) is 4.34. The van der Waals surface area contributed by atoms with Crippen molar-refractivity contribution < 1.29 is 0 Å². The van der Waals surface area contributed by atoms with E-state index in [9.17, 15) is 0 Å². The molecule has 17 heavy (non-hydrogen) atoms. The van der Waals surface area contributed by atoms with Crippen molar-refractivity contribution >= 4 is 11.8 Å². The van der Waals surface area contributed by atoms with E-state index in [4.69, 9.17) is 0 Å². The van der Waals surface area contributed by atoms with Crippen LogP contribution in [0, 0.1) is 0 Å². The van der Waals surface area contributed by atoms with Gasteiger partial charge in [0.15, 0.2) is 0 Å². The van der Waals surface area contributed by atoms with Crippen molar-refractivity contribution in [3.63, 3.8) is 0 Å². The van der Waals surface area contributed by atoms with Crippen LogP contribution in [0.4, 0.5) is 0 Å². The standard InChI is InChI=1S/C14H22N2S/c1-16(13-6-5-9-15-12-13)10-11-17-14-7-3-2-4-8-14/h2-4,7-8,13,15H,5-6,9-12H2,1H3.